The number of benzene rings is 2. The van der Waals surface area contributed by atoms with Gasteiger partial charge < -0.3 is 9.64 Å². The molecule has 0 aliphatic carbocycles. The Labute approximate surface area is 121 Å². The second kappa shape index (κ2) is 4.86. The van der Waals surface area contributed by atoms with Crippen LogP contribution in [0.1, 0.15) is 23.6 Å². The van der Waals surface area contributed by atoms with Crippen molar-refractivity contribution in [2.45, 2.75) is 27.3 Å². The van der Waals surface area contributed by atoms with Crippen LogP contribution >= 0.6 is 0 Å². The summed E-state index contributed by atoms with van der Waals surface area (Å²) >= 11 is 0. The molecule has 2 aromatic carbocycles. The Morgan fingerprint density at radius 3 is 2.60 bits per heavy atom. The highest BCUT2D eigenvalue weighted by Gasteiger charge is 2.25. The first kappa shape index (κ1) is 13.0. The minimum Gasteiger partial charge on any atom is -0.496 e. The number of methoxy groups -OCH3 is 1. The highest BCUT2D eigenvalue weighted by molar-refractivity contribution is 5.90. The Morgan fingerprint density at radius 1 is 1.10 bits per heavy atom. The zero-order valence-corrected chi connectivity index (χ0v) is 12.7. The maximum absolute atomic E-state index is 5.63. The van der Waals surface area contributed by atoms with E-state index < -0.39 is 0 Å². The van der Waals surface area contributed by atoms with Gasteiger partial charge in [-0.2, -0.15) is 0 Å². The lowest BCUT2D eigenvalue weighted by Gasteiger charge is -2.34. The van der Waals surface area contributed by atoms with E-state index in [4.69, 9.17) is 4.74 Å². The maximum Gasteiger partial charge on any atom is 0.128 e. The van der Waals surface area contributed by atoms with Crippen molar-refractivity contribution in [2.24, 2.45) is 0 Å². The molecule has 1 heterocycles. The average Bonchev–Trinajstić information content (AvgIpc) is 2.49. The van der Waals surface area contributed by atoms with Gasteiger partial charge in [-0.15, -0.1) is 0 Å². The fraction of sp³-hybridized carbons (Fsp3) is 0.333. The second-order valence-electron chi connectivity index (χ2n) is 5.41. The molecule has 20 heavy (non-hydrogen) atoms. The molecule has 0 aromatic heterocycles. The van der Waals surface area contributed by atoms with E-state index in [1.165, 1.54) is 33.5 Å². The van der Waals surface area contributed by atoms with Crippen LogP contribution in [0.25, 0.3) is 11.1 Å². The molecular weight excluding hydrogens is 246 g/mol. The first-order valence-electron chi connectivity index (χ1n) is 7.18. The van der Waals surface area contributed by atoms with Gasteiger partial charge >= 0.3 is 0 Å². The van der Waals surface area contributed by atoms with Gasteiger partial charge in [-0.05, 0) is 55.2 Å². The first-order valence-corrected chi connectivity index (χ1v) is 7.18. The summed E-state index contributed by atoms with van der Waals surface area (Å²) in [6, 6.07) is 10.8. The summed E-state index contributed by atoms with van der Waals surface area (Å²) in [7, 11) is 1.76. The van der Waals surface area contributed by atoms with Crippen LogP contribution in [-0.2, 0) is 6.54 Å². The molecule has 2 heteroatoms. The van der Waals surface area contributed by atoms with Gasteiger partial charge in [-0.3, -0.25) is 0 Å². The zero-order chi connectivity index (χ0) is 14.3. The molecule has 0 N–H and O–H groups in total. The second-order valence-corrected chi connectivity index (χ2v) is 5.41. The molecule has 0 unspecified atom stereocenters. The van der Waals surface area contributed by atoms with Gasteiger partial charge in [0.05, 0.1) is 7.11 Å². The van der Waals surface area contributed by atoms with Crippen LogP contribution in [0, 0.1) is 13.8 Å². The highest BCUT2D eigenvalue weighted by atomic mass is 16.5. The maximum atomic E-state index is 5.63. The van der Waals surface area contributed by atoms with E-state index in [1.54, 1.807) is 7.11 Å². The van der Waals surface area contributed by atoms with Gasteiger partial charge in [0, 0.05) is 24.3 Å². The first-order chi connectivity index (χ1) is 9.67. The van der Waals surface area contributed by atoms with Crippen molar-refractivity contribution in [2.75, 3.05) is 18.6 Å². The molecule has 0 radical (unpaired) electrons. The summed E-state index contributed by atoms with van der Waals surface area (Å²) in [5.74, 6) is 0.968. The highest BCUT2D eigenvalue weighted by Crippen LogP contribution is 2.46. The lowest BCUT2D eigenvalue weighted by molar-refractivity contribution is 0.416. The number of hydrogen-bond acceptors (Lipinski definition) is 2. The van der Waals surface area contributed by atoms with Crippen molar-refractivity contribution in [3.63, 3.8) is 0 Å². The predicted octanol–water partition coefficient (Wildman–Crippen LogP) is 4.32. The van der Waals surface area contributed by atoms with E-state index in [0.29, 0.717) is 0 Å². The van der Waals surface area contributed by atoms with Crippen molar-refractivity contribution in [1.82, 2.24) is 0 Å². The molecule has 0 saturated heterocycles. The van der Waals surface area contributed by atoms with Gasteiger partial charge in [-0.25, -0.2) is 0 Å². The van der Waals surface area contributed by atoms with Crippen LogP contribution in [-0.4, -0.2) is 13.7 Å². The topological polar surface area (TPSA) is 12.5 Å². The van der Waals surface area contributed by atoms with E-state index >= 15 is 0 Å². The van der Waals surface area contributed by atoms with Crippen LogP contribution in [0.5, 0.6) is 5.75 Å². The van der Waals surface area contributed by atoms with Gasteiger partial charge in [0.2, 0.25) is 0 Å². The summed E-state index contributed by atoms with van der Waals surface area (Å²) in [5.41, 5.74) is 8.00. The number of rotatable bonds is 2. The largest absolute Gasteiger partial charge is 0.496 e. The predicted molar refractivity (Wildman–Crippen MR) is 84.6 cm³/mol. The van der Waals surface area contributed by atoms with Gasteiger partial charge in [0.15, 0.2) is 0 Å². The SMILES string of the molecule is CCN1Cc2ccc(C)c(C)c2-c2c(OC)cccc21. The number of anilines is 1. The standard InChI is InChI=1S/C18H21NO/c1-5-19-11-14-10-9-12(2)13(3)17(14)18-15(19)7-6-8-16(18)20-4/h6-10H,5,11H2,1-4H3. The number of hydrogen-bond donors (Lipinski definition) is 0. The van der Waals surface area contributed by atoms with Crippen molar-refractivity contribution in [1.29, 1.82) is 0 Å². The van der Waals surface area contributed by atoms with Gasteiger partial charge in [-0.1, -0.05) is 18.2 Å². The third kappa shape index (κ3) is 1.79. The normalized spacial score (nSPS) is 12.9. The van der Waals surface area contributed by atoms with Gasteiger partial charge in [0.25, 0.3) is 0 Å². The zero-order valence-electron chi connectivity index (χ0n) is 12.7. The fourth-order valence-corrected chi connectivity index (χ4v) is 3.13. The fourth-order valence-electron chi connectivity index (χ4n) is 3.13. The number of ether oxygens (including phenoxy) is 1. The molecule has 2 nitrogen and oxygen atoms in total. The molecule has 0 spiro atoms. The summed E-state index contributed by atoms with van der Waals surface area (Å²) < 4.78 is 5.63. The Balaban J connectivity index is 2.36. The van der Waals surface area contributed by atoms with Crippen LogP contribution in [0.3, 0.4) is 0 Å². The Bertz CT molecular complexity index is 661. The molecule has 0 bridgehead atoms. The molecule has 2 aromatic rings. The Kier molecular flexibility index (Phi) is 3.17. The molecular formula is C18H21NO. The summed E-state index contributed by atoms with van der Waals surface area (Å²) in [6.45, 7) is 8.58. The number of nitrogens with zero attached hydrogens (tertiary/aromatic N) is 1. The van der Waals surface area contributed by atoms with Crippen LogP contribution in [0.2, 0.25) is 0 Å². The van der Waals surface area contributed by atoms with Crippen LogP contribution < -0.4 is 9.64 Å². The van der Waals surface area contributed by atoms with Crippen LogP contribution in [0.4, 0.5) is 5.69 Å². The summed E-state index contributed by atoms with van der Waals surface area (Å²) in [4.78, 5) is 2.41. The monoisotopic (exact) mass is 267 g/mol. The number of aryl methyl sites for hydroxylation is 1. The lowest BCUT2D eigenvalue weighted by Crippen LogP contribution is -2.26. The average molecular weight is 267 g/mol. The molecule has 3 rings (SSSR count). The number of fused-ring (bicyclic) bond motifs is 3. The smallest absolute Gasteiger partial charge is 0.128 e. The van der Waals surface area contributed by atoms with Gasteiger partial charge in [0.1, 0.15) is 5.75 Å². The third-order valence-electron chi connectivity index (χ3n) is 4.38. The van der Waals surface area contributed by atoms with E-state index in [1.807, 2.05) is 0 Å². The molecule has 1 aliphatic rings. The molecule has 0 amide bonds. The third-order valence-corrected chi connectivity index (χ3v) is 4.38. The Morgan fingerprint density at radius 2 is 1.90 bits per heavy atom. The van der Waals surface area contributed by atoms with Crippen LogP contribution in [0.15, 0.2) is 30.3 Å². The lowest BCUT2D eigenvalue weighted by atomic mass is 9.87. The minimum absolute atomic E-state index is 0.968. The van der Waals surface area contributed by atoms with Crippen molar-refractivity contribution >= 4 is 5.69 Å². The minimum atomic E-state index is 0.968. The van der Waals surface area contributed by atoms with E-state index in [9.17, 15) is 0 Å². The molecule has 0 fully saturated rings. The van der Waals surface area contributed by atoms with E-state index in [-0.39, 0.29) is 0 Å². The quantitative estimate of drug-likeness (QED) is 0.803. The summed E-state index contributed by atoms with van der Waals surface area (Å²) in [5, 5.41) is 0. The van der Waals surface area contributed by atoms with Crippen molar-refractivity contribution < 1.29 is 4.74 Å². The van der Waals surface area contributed by atoms with E-state index in [0.717, 1.165) is 18.8 Å². The van der Waals surface area contributed by atoms with Crippen molar-refractivity contribution in [3.8, 4) is 16.9 Å². The molecule has 0 atom stereocenters. The van der Waals surface area contributed by atoms with E-state index in [2.05, 4.69) is 56.0 Å². The molecule has 1 aliphatic heterocycles. The summed E-state index contributed by atoms with van der Waals surface area (Å²) in [6.07, 6.45) is 0. The molecule has 0 saturated carbocycles. The van der Waals surface area contributed by atoms with Crippen molar-refractivity contribution in [3.05, 3.63) is 47.0 Å². The molecule has 104 valence electrons. The Hall–Kier alpha value is -1.96.